The van der Waals surface area contributed by atoms with Gasteiger partial charge in [-0.2, -0.15) is 0 Å². The third kappa shape index (κ3) is 2.95. The lowest BCUT2D eigenvalue weighted by Crippen LogP contribution is -2.16. The van der Waals surface area contributed by atoms with Gasteiger partial charge in [-0.15, -0.1) is 0 Å². The van der Waals surface area contributed by atoms with E-state index in [4.69, 9.17) is 11.6 Å². The molecule has 0 spiro atoms. The second-order valence-corrected chi connectivity index (χ2v) is 4.06. The lowest BCUT2D eigenvalue weighted by molar-refractivity contribution is 0.178. The molecule has 2 nitrogen and oxygen atoms in total. The molecular weight excluding hydrogens is 253 g/mol. The minimum Gasteiger partial charge on any atom is -0.387 e. The minimum absolute atomic E-state index is 0.501. The van der Waals surface area contributed by atoms with E-state index in [2.05, 4.69) is 21.2 Å². The highest BCUT2D eigenvalue weighted by Gasteiger charge is 2.10. The fourth-order valence-corrected chi connectivity index (χ4v) is 1.87. The molecule has 0 amide bonds. The van der Waals surface area contributed by atoms with Crippen LogP contribution in [0.5, 0.6) is 0 Å². The first-order valence-electron chi connectivity index (χ1n) is 3.92. The van der Waals surface area contributed by atoms with Gasteiger partial charge in [-0.25, -0.2) is 0 Å². The Balaban J connectivity index is 2.88. The fraction of sp³-hybridized carbons (Fsp3) is 0.333. The lowest BCUT2D eigenvalue weighted by Gasteiger charge is -2.11. The van der Waals surface area contributed by atoms with Crippen LogP contribution in [0.3, 0.4) is 0 Å². The Labute approximate surface area is 91.0 Å². The second kappa shape index (κ2) is 4.96. The summed E-state index contributed by atoms with van der Waals surface area (Å²) in [7, 11) is 1.79. The van der Waals surface area contributed by atoms with Gasteiger partial charge in [0, 0.05) is 21.6 Å². The summed E-state index contributed by atoms with van der Waals surface area (Å²) in [6, 6.07) is 5.45. The molecule has 0 fully saturated rings. The Bertz CT molecular complexity index is 293. The monoisotopic (exact) mass is 263 g/mol. The van der Waals surface area contributed by atoms with E-state index in [0.717, 1.165) is 10.0 Å². The highest BCUT2D eigenvalue weighted by Crippen LogP contribution is 2.25. The standard InChI is InChI=1S/C9H11BrClNO/c1-12-5-9(13)7-3-2-6(10)4-8(7)11/h2-4,9,12-13H,5H2,1H3. The number of aliphatic hydroxyl groups excluding tert-OH is 1. The Morgan fingerprint density at radius 3 is 2.85 bits per heavy atom. The van der Waals surface area contributed by atoms with E-state index in [-0.39, 0.29) is 0 Å². The van der Waals surface area contributed by atoms with Gasteiger partial charge < -0.3 is 10.4 Å². The van der Waals surface area contributed by atoms with Crippen LogP contribution in [0.2, 0.25) is 5.02 Å². The number of hydrogen-bond donors (Lipinski definition) is 2. The molecule has 0 radical (unpaired) electrons. The van der Waals surface area contributed by atoms with Crippen molar-refractivity contribution in [1.29, 1.82) is 0 Å². The zero-order chi connectivity index (χ0) is 9.84. The minimum atomic E-state index is -0.550. The number of nitrogens with one attached hydrogen (secondary N) is 1. The summed E-state index contributed by atoms with van der Waals surface area (Å²) in [5.41, 5.74) is 0.749. The second-order valence-electron chi connectivity index (χ2n) is 2.74. The maximum Gasteiger partial charge on any atom is 0.0928 e. The van der Waals surface area contributed by atoms with Gasteiger partial charge in [-0.05, 0) is 19.2 Å². The van der Waals surface area contributed by atoms with E-state index in [1.807, 2.05) is 12.1 Å². The summed E-state index contributed by atoms with van der Waals surface area (Å²) in [5, 5.41) is 13.1. The first-order chi connectivity index (χ1) is 6.15. The van der Waals surface area contributed by atoms with E-state index in [1.165, 1.54) is 0 Å². The Morgan fingerprint density at radius 1 is 1.62 bits per heavy atom. The smallest absolute Gasteiger partial charge is 0.0928 e. The fourth-order valence-electron chi connectivity index (χ4n) is 1.08. The zero-order valence-corrected chi connectivity index (χ0v) is 9.56. The molecule has 0 aromatic heterocycles. The molecule has 0 aliphatic carbocycles. The van der Waals surface area contributed by atoms with Crippen molar-refractivity contribution in [3.8, 4) is 0 Å². The van der Waals surface area contributed by atoms with Crippen molar-refractivity contribution in [2.24, 2.45) is 0 Å². The molecule has 1 aromatic rings. The largest absolute Gasteiger partial charge is 0.387 e. The molecule has 0 bridgehead atoms. The normalized spacial score (nSPS) is 12.9. The predicted octanol–water partition coefficient (Wildman–Crippen LogP) is 2.36. The summed E-state index contributed by atoms with van der Waals surface area (Å²) in [6.45, 7) is 0.501. The average molecular weight is 265 g/mol. The molecule has 0 aliphatic rings. The molecule has 72 valence electrons. The summed E-state index contributed by atoms with van der Waals surface area (Å²) < 4.78 is 0.915. The summed E-state index contributed by atoms with van der Waals surface area (Å²) in [6.07, 6.45) is -0.550. The van der Waals surface area contributed by atoms with Crippen molar-refractivity contribution in [1.82, 2.24) is 5.32 Å². The van der Waals surface area contributed by atoms with Crippen LogP contribution in [-0.2, 0) is 0 Å². The first-order valence-corrected chi connectivity index (χ1v) is 5.10. The quantitative estimate of drug-likeness (QED) is 0.878. The highest BCUT2D eigenvalue weighted by molar-refractivity contribution is 9.10. The number of rotatable bonds is 3. The van der Waals surface area contributed by atoms with Crippen LogP contribution in [-0.4, -0.2) is 18.7 Å². The average Bonchev–Trinajstić information content (AvgIpc) is 2.04. The zero-order valence-electron chi connectivity index (χ0n) is 7.22. The van der Waals surface area contributed by atoms with Gasteiger partial charge in [0.25, 0.3) is 0 Å². The number of halogens is 2. The van der Waals surface area contributed by atoms with E-state index in [0.29, 0.717) is 11.6 Å². The number of benzene rings is 1. The van der Waals surface area contributed by atoms with Crippen LogP contribution >= 0.6 is 27.5 Å². The van der Waals surface area contributed by atoms with Crippen molar-refractivity contribution >= 4 is 27.5 Å². The molecule has 4 heteroatoms. The highest BCUT2D eigenvalue weighted by atomic mass is 79.9. The van der Waals surface area contributed by atoms with E-state index in [1.54, 1.807) is 13.1 Å². The Hall–Kier alpha value is -0.0900. The summed E-state index contributed by atoms with van der Waals surface area (Å²) in [4.78, 5) is 0. The Kier molecular flexibility index (Phi) is 4.19. The van der Waals surface area contributed by atoms with Gasteiger partial charge in [-0.1, -0.05) is 33.6 Å². The first kappa shape index (κ1) is 11.0. The van der Waals surface area contributed by atoms with E-state index in [9.17, 15) is 5.11 Å². The number of aliphatic hydroxyl groups is 1. The van der Waals surface area contributed by atoms with Gasteiger partial charge in [-0.3, -0.25) is 0 Å². The molecule has 2 N–H and O–H groups in total. The van der Waals surface area contributed by atoms with Crippen molar-refractivity contribution in [3.63, 3.8) is 0 Å². The maximum absolute atomic E-state index is 9.63. The molecule has 1 rings (SSSR count). The van der Waals surface area contributed by atoms with E-state index >= 15 is 0 Å². The maximum atomic E-state index is 9.63. The summed E-state index contributed by atoms with van der Waals surface area (Å²) >= 11 is 9.25. The third-order valence-corrected chi connectivity index (χ3v) is 2.54. The predicted molar refractivity (Wildman–Crippen MR) is 58.0 cm³/mol. The molecule has 1 unspecified atom stereocenters. The number of likely N-dealkylation sites (N-methyl/N-ethyl adjacent to an activating group) is 1. The summed E-state index contributed by atoms with van der Waals surface area (Å²) in [5.74, 6) is 0. The SMILES string of the molecule is CNCC(O)c1ccc(Br)cc1Cl. The van der Waals surface area contributed by atoms with Crippen LogP contribution in [0.15, 0.2) is 22.7 Å². The molecule has 0 aliphatic heterocycles. The van der Waals surface area contributed by atoms with Crippen molar-refractivity contribution in [2.45, 2.75) is 6.10 Å². The van der Waals surface area contributed by atoms with Crippen LogP contribution in [0, 0.1) is 0 Å². The topological polar surface area (TPSA) is 32.3 Å². The van der Waals surface area contributed by atoms with E-state index < -0.39 is 6.10 Å². The van der Waals surface area contributed by atoms with Gasteiger partial charge in [0.15, 0.2) is 0 Å². The molecule has 0 saturated carbocycles. The van der Waals surface area contributed by atoms with Crippen LogP contribution in [0.25, 0.3) is 0 Å². The van der Waals surface area contributed by atoms with Gasteiger partial charge in [0.05, 0.1) is 6.10 Å². The molecule has 0 heterocycles. The molecular formula is C9H11BrClNO. The van der Waals surface area contributed by atoms with Crippen LogP contribution < -0.4 is 5.32 Å². The Morgan fingerprint density at radius 2 is 2.31 bits per heavy atom. The van der Waals surface area contributed by atoms with Crippen LogP contribution in [0.4, 0.5) is 0 Å². The van der Waals surface area contributed by atoms with Crippen LogP contribution in [0.1, 0.15) is 11.7 Å². The lowest BCUT2D eigenvalue weighted by atomic mass is 10.1. The van der Waals surface area contributed by atoms with Crippen molar-refractivity contribution in [2.75, 3.05) is 13.6 Å². The van der Waals surface area contributed by atoms with Gasteiger partial charge in [0.2, 0.25) is 0 Å². The molecule has 13 heavy (non-hydrogen) atoms. The van der Waals surface area contributed by atoms with Gasteiger partial charge >= 0.3 is 0 Å². The molecule has 0 saturated heterocycles. The molecule has 1 atom stereocenters. The molecule has 1 aromatic carbocycles. The third-order valence-electron chi connectivity index (χ3n) is 1.72. The van der Waals surface area contributed by atoms with Crippen molar-refractivity contribution < 1.29 is 5.11 Å². The number of hydrogen-bond acceptors (Lipinski definition) is 2. The van der Waals surface area contributed by atoms with Gasteiger partial charge in [0.1, 0.15) is 0 Å². The van der Waals surface area contributed by atoms with Crippen molar-refractivity contribution in [3.05, 3.63) is 33.3 Å².